The van der Waals surface area contributed by atoms with Crippen molar-refractivity contribution in [2.45, 2.75) is 20.0 Å². The van der Waals surface area contributed by atoms with Crippen molar-refractivity contribution in [1.82, 2.24) is 19.9 Å². The van der Waals surface area contributed by atoms with Gasteiger partial charge < -0.3 is 19.8 Å². The summed E-state index contributed by atoms with van der Waals surface area (Å²) in [6, 6.07) is 11.6. The van der Waals surface area contributed by atoms with E-state index in [-0.39, 0.29) is 17.6 Å². The number of hydrogen-bond donors (Lipinski definition) is 2. The average Bonchev–Trinajstić information content (AvgIpc) is 3.19. The zero-order valence-corrected chi connectivity index (χ0v) is 18.0. The van der Waals surface area contributed by atoms with Crippen LogP contribution in [0.25, 0.3) is 11.4 Å². The van der Waals surface area contributed by atoms with Gasteiger partial charge in [-0.15, -0.1) is 0 Å². The number of anilines is 2. The molecule has 2 heterocycles. The fourth-order valence-corrected chi connectivity index (χ4v) is 3.15. The molecule has 0 aliphatic carbocycles. The Morgan fingerprint density at radius 2 is 1.76 bits per heavy atom. The van der Waals surface area contributed by atoms with Crippen molar-refractivity contribution in [3.63, 3.8) is 0 Å². The van der Waals surface area contributed by atoms with Gasteiger partial charge in [0.2, 0.25) is 11.8 Å². The molecule has 0 saturated carbocycles. The first-order chi connectivity index (χ1) is 15.7. The molecule has 2 aromatic heterocycles. The Morgan fingerprint density at radius 3 is 2.45 bits per heavy atom. The van der Waals surface area contributed by atoms with Crippen LogP contribution in [0.15, 0.2) is 54.7 Å². The van der Waals surface area contributed by atoms with E-state index in [2.05, 4.69) is 25.3 Å². The summed E-state index contributed by atoms with van der Waals surface area (Å²) in [5.74, 6) is 1.62. The average molecular weight is 455 g/mol. The number of benzene rings is 2. The molecule has 0 saturated heterocycles. The minimum absolute atomic E-state index is 0.0219. The molecular formula is C23H20F3N5O2. The Hall–Kier alpha value is -4.08. The highest BCUT2D eigenvalue weighted by Crippen LogP contribution is 2.34. The van der Waals surface area contributed by atoms with Gasteiger partial charge in [0.05, 0.1) is 23.9 Å². The molecule has 170 valence electrons. The molecule has 4 rings (SSSR count). The summed E-state index contributed by atoms with van der Waals surface area (Å²) in [5, 5.41) is 3.07. The second-order valence-electron chi connectivity index (χ2n) is 7.23. The number of ether oxygens (including phenoxy) is 2. The highest BCUT2D eigenvalue weighted by molar-refractivity contribution is 5.70. The minimum Gasteiger partial charge on any atom is -0.496 e. The van der Waals surface area contributed by atoms with Gasteiger partial charge in [0.25, 0.3) is 0 Å². The van der Waals surface area contributed by atoms with Gasteiger partial charge in [0, 0.05) is 29.7 Å². The molecule has 10 heteroatoms. The van der Waals surface area contributed by atoms with E-state index in [1.807, 2.05) is 19.1 Å². The summed E-state index contributed by atoms with van der Waals surface area (Å²) >= 11 is 0. The number of rotatable bonds is 6. The predicted octanol–water partition coefficient (Wildman–Crippen LogP) is 6.05. The number of methoxy groups -OCH3 is 1. The van der Waals surface area contributed by atoms with E-state index >= 15 is 0 Å². The normalized spacial score (nSPS) is 11.3. The first-order valence-corrected chi connectivity index (χ1v) is 9.89. The van der Waals surface area contributed by atoms with Crippen LogP contribution in [0.4, 0.5) is 24.8 Å². The number of nitrogens with zero attached hydrogens (tertiary/aromatic N) is 3. The van der Waals surface area contributed by atoms with Crippen molar-refractivity contribution in [3.8, 4) is 28.8 Å². The Labute approximate surface area is 187 Å². The zero-order valence-electron chi connectivity index (χ0n) is 18.0. The molecule has 0 spiro atoms. The monoisotopic (exact) mass is 455 g/mol. The van der Waals surface area contributed by atoms with Crippen molar-refractivity contribution >= 4 is 11.6 Å². The van der Waals surface area contributed by atoms with E-state index in [0.717, 1.165) is 23.4 Å². The van der Waals surface area contributed by atoms with E-state index in [1.54, 1.807) is 26.3 Å². The lowest BCUT2D eigenvalue weighted by Gasteiger charge is -2.12. The lowest BCUT2D eigenvalue weighted by Crippen LogP contribution is -2.05. The highest BCUT2D eigenvalue weighted by Gasteiger charge is 2.30. The van der Waals surface area contributed by atoms with Crippen LogP contribution in [0.1, 0.15) is 17.0 Å². The number of hydrogen-bond acceptors (Lipinski definition) is 6. The third-order valence-corrected chi connectivity index (χ3v) is 4.63. The predicted molar refractivity (Wildman–Crippen MR) is 117 cm³/mol. The zero-order chi connectivity index (χ0) is 23.6. The largest absolute Gasteiger partial charge is 0.496 e. The third kappa shape index (κ3) is 5.22. The topological polar surface area (TPSA) is 84.9 Å². The summed E-state index contributed by atoms with van der Waals surface area (Å²) in [7, 11) is 1.56. The number of aryl methyl sites for hydroxylation is 2. The quantitative estimate of drug-likeness (QED) is 0.368. The summed E-state index contributed by atoms with van der Waals surface area (Å²) in [6.45, 7) is 3.62. The van der Waals surface area contributed by atoms with Crippen LogP contribution in [0.3, 0.4) is 0 Å². The molecule has 2 aromatic carbocycles. The van der Waals surface area contributed by atoms with E-state index < -0.39 is 11.7 Å². The van der Waals surface area contributed by atoms with Gasteiger partial charge in [0.1, 0.15) is 17.3 Å². The first-order valence-electron chi connectivity index (χ1n) is 9.89. The molecular weight excluding hydrogens is 435 g/mol. The van der Waals surface area contributed by atoms with Crippen LogP contribution >= 0.6 is 0 Å². The van der Waals surface area contributed by atoms with Crippen LogP contribution in [0.2, 0.25) is 0 Å². The number of nitrogens with one attached hydrogen (secondary N) is 2. The van der Waals surface area contributed by atoms with Gasteiger partial charge in [-0.25, -0.2) is 9.97 Å². The molecule has 0 aliphatic rings. The Bertz CT molecular complexity index is 1290. The van der Waals surface area contributed by atoms with Gasteiger partial charge in [-0.2, -0.15) is 18.2 Å². The number of alkyl halides is 3. The van der Waals surface area contributed by atoms with Crippen LogP contribution in [-0.4, -0.2) is 27.0 Å². The molecule has 7 nitrogen and oxygen atoms in total. The molecule has 0 atom stereocenters. The second-order valence-corrected chi connectivity index (χ2v) is 7.23. The number of aromatic amines is 1. The van der Waals surface area contributed by atoms with Crippen molar-refractivity contribution < 1.29 is 22.6 Å². The lowest BCUT2D eigenvalue weighted by molar-refractivity contribution is -0.137. The van der Waals surface area contributed by atoms with Gasteiger partial charge >= 0.3 is 6.18 Å². The molecule has 0 radical (unpaired) electrons. The van der Waals surface area contributed by atoms with Gasteiger partial charge in [-0.1, -0.05) is 6.07 Å². The van der Waals surface area contributed by atoms with Crippen molar-refractivity contribution in [2.75, 3.05) is 12.4 Å². The number of imidazole rings is 1. The Morgan fingerprint density at radius 1 is 0.939 bits per heavy atom. The van der Waals surface area contributed by atoms with Crippen LogP contribution < -0.4 is 14.8 Å². The summed E-state index contributed by atoms with van der Waals surface area (Å²) in [5.41, 5.74) is 2.06. The maximum absolute atomic E-state index is 13.0. The summed E-state index contributed by atoms with van der Waals surface area (Å²) in [6.07, 6.45) is -2.67. The second kappa shape index (κ2) is 8.81. The summed E-state index contributed by atoms with van der Waals surface area (Å²) < 4.78 is 50.0. The molecule has 4 aromatic rings. The van der Waals surface area contributed by atoms with E-state index in [0.29, 0.717) is 23.0 Å². The minimum atomic E-state index is -4.47. The number of H-pyrrole nitrogens is 1. The molecule has 0 fully saturated rings. The van der Waals surface area contributed by atoms with E-state index in [4.69, 9.17) is 9.47 Å². The maximum Gasteiger partial charge on any atom is 0.416 e. The molecule has 0 bridgehead atoms. The molecule has 0 aliphatic heterocycles. The molecule has 33 heavy (non-hydrogen) atoms. The summed E-state index contributed by atoms with van der Waals surface area (Å²) in [4.78, 5) is 16.1. The van der Waals surface area contributed by atoms with Crippen molar-refractivity contribution in [2.24, 2.45) is 0 Å². The standard InChI is InChI=1S/C23H20F3N5O2/c1-13-9-20(33-17-6-4-5-15(10-17)23(24,25)26)31-22(29-13)30-16-7-8-18(19(11-16)32-3)21-27-12-14(2)28-21/h4-12H,1-3H3,(H,27,28)(H,29,30,31). The van der Waals surface area contributed by atoms with Gasteiger partial charge in [-0.05, 0) is 44.2 Å². The van der Waals surface area contributed by atoms with E-state index in [1.165, 1.54) is 18.2 Å². The maximum atomic E-state index is 13.0. The number of aromatic nitrogens is 4. The fourth-order valence-electron chi connectivity index (χ4n) is 3.15. The number of halogens is 3. The Kier molecular flexibility index (Phi) is 5.91. The van der Waals surface area contributed by atoms with E-state index in [9.17, 15) is 13.2 Å². The smallest absolute Gasteiger partial charge is 0.416 e. The van der Waals surface area contributed by atoms with Crippen LogP contribution in [0, 0.1) is 13.8 Å². The van der Waals surface area contributed by atoms with Crippen molar-refractivity contribution in [1.29, 1.82) is 0 Å². The SMILES string of the molecule is COc1cc(Nc2nc(C)cc(Oc3cccc(C(F)(F)F)c3)n2)ccc1-c1nc(C)c[nH]1. The molecule has 2 N–H and O–H groups in total. The lowest BCUT2D eigenvalue weighted by atomic mass is 10.1. The molecule has 0 unspecified atom stereocenters. The van der Waals surface area contributed by atoms with Crippen LogP contribution in [0.5, 0.6) is 17.4 Å². The third-order valence-electron chi connectivity index (χ3n) is 4.63. The highest BCUT2D eigenvalue weighted by atomic mass is 19.4. The first kappa shape index (κ1) is 22.1. The van der Waals surface area contributed by atoms with Gasteiger partial charge in [-0.3, -0.25) is 0 Å². The molecule has 0 amide bonds. The Balaban J connectivity index is 1.57. The van der Waals surface area contributed by atoms with Crippen LogP contribution in [-0.2, 0) is 6.18 Å². The fraction of sp³-hybridized carbons (Fsp3) is 0.174. The van der Waals surface area contributed by atoms with Gasteiger partial charge in [0.15, 0.2) is 0 Å². The van der Waals surface area contributed by atoms with Crippen molar-refractivity contribution in [3.05, 3.63) is 71.7 Å².